The second-order valence-electron chi connectivity index (χ2n) is 8.12. The Morgan fingerprint density at radius 3 is 2.74 bits per heavy atom. The van der Waals surface area contributed by atoms with E-state index in [0.29, 0.717) is 41.3 Å². The topological polar surface area (TPSA) is 105 Å². The Bertz CT molecular complexity index is 852. The highest BCUT2D eigenvalue weighted by molar-refractivity contribution is 7.99. The van der Waals surface area contributed by atoms with Crippen LogP contribution in [-0.2, 0) is 11.2 Å². The molecular formula is C19H25N3O4S. The maximum Gasteiger partial charge on any atom is 0.313 e. The number of rotatable bonds is 8. The van der Waals surface area contributed by atoms with Crippen molar-refractivity contribution >= 4 is 34.7 Å². The summed E-state index contributed by atoms with van der Waals surface area (Å²) in [6.07, 6.45) is 2.84. The van der Waals surface area contributed by atoms with Gasteiger partial charge in [-0.05, 0) is 30.7 Å². The minimum absolute atomic E-state index is 0.000184. The normalized spacial score (nSPS) is 14.5. The van der Waals surface area contributed by atoms with Crippen LogP contribution in [-0.4, -0.2) is 45.2 Å². The number of carboxylic acid groups (broad SMARTS) is 1. The number of hydrogen-bond donors (Lipinski definition) is 2. The van der Waals surface area contributed by atoms with Crippen molar-refractivity contribution in [1.29, 1.82) is 0 Å². The molecule has 1 amide bonds. The van der Waals surface area contributed by atoms with E-state index in [-0.39, 0.29) is 17.1 Å². The first-order valence-electron chi connectivity index (χ1n) is 9.11. The number of aliphatic carboxylic acids is 1. The van der Waals surface area contributed by atoms with Crippen molar-refractivity contribution in [3.8, 4) is 0 Å². The number of carbonyl (C=O) groups is 2. The van der Waals surface area contributed by atoms with Crippen LogP contribution in [0, 0.1) is 5.41 Å². The third kappa shape index (κ3) is 5.22. The fraction of sp³-hybridized carbons (Fsp3) is 0.579. The smallest absolute Gasteiger partial charge is 0.313 e. The zero-order valence-corrected chi connectivity index (χ0v) is 16.7. The Morgan fingerprint density at radius 2 is 2.11 bits per heavy atom. The molecule has 27 heavy (non-hydrogen) atoms. The van der Waals surface area contributed by atoms with Gasteiger partial charge in [0.25, 0.3) is 11.6 Å². The molecule has 1 aliphatic rings. The highest BCUT2D eigenvalue weighted by Crippen LogP contribution is 2.40. The van der Waals surface area contributed by atoms with Crippen LogP contribution in [0.2, 0.25) is 0 Å². The van der Waals surface area contributed by atoms with E-state index in [0.717, 1.165) is 24.2 Å². The molecule has 146 valence electrons. The molecule has 1 fully saturated rings. The molecule has 0 radical (unpaired) electrons. The minimum atomic E-state index is -0.854. The zero-order valence-electron chi connectivity index (χ0n) is 15.9. The molecule has 2 aromatic rings. The molecule has 7 nitrogen and oxygen atoms in total. The van der Waals surface area contributed by atoms with Gasteiger partial charge in [-0.3, -0.25) is 9.59 Å². The van der Waals surface area contributed by atoms with E-state index in [2.05, 4.69) is 36.2 Å². The lowest BCUT2D eigenvalue weighted by Crippen LogP contribution is -2.26. The van der Waals surface area contributed by atoms with Gasteiger partial charge in [-0.15, -0.1) is 11.8 Å². The Balaban J connectivity index is 1.83. The van der Waals surface area contributed by atoms with Crippen LogP contribution in [0.25, 0.3) is 11.1 Å². The van der Waals surface area contributed by atoms with Crippen LogP contribution < -0.4 is 5.32 Å². The maximum absolute atomic E-state index is 12.8. The number of pyridine rings is 1. The molecule has 0 unspecified atom stereocenters. The molecule has 3 rings (SSSR count). The zero-order chi connectivity index (χ0) is 19.6. The van der Waals surface area contributed by atoms with Gasteiger partial charge in [0.15, 0.2) is 0 Å². The van der Waals surface area contributed by atoms with Crippen LogP contribution in [0.3, 0.4) is 0 Å². The lowest BCUT2D eigenvalue weighted by atomic mass is 9.89. The summed E-state index contributed by atoms with van der Waals surface area (Å²) in [7, 11) is 0. The van der Waals surface area contributed by atoms with Crippen LogP contribution >= 0.6 is 11.8 Å². The van der Waals surface area contributed by atoms with E-state index < -0.39 is 5.97 Å². The number of thioether (sulfide) groups is 1. The summed E-state index contributed by atoms with van der Waals surface area (Å²) in [5, 5.41) is 16.4. The second-order valence-corrected chi connectivity index (χ2v) is 9.22. The Hall–Kier alpha value is -2.09. The summed E-state index contributed by atoms with van der Waals surface area (Å²) in [6.45, 7) is 6.73. The Morgan fingerprint density at radius 1 is 1.37 bits per heavy atom. The number of fused-ring (bicyclic) bond motifs is 1. The van der Waals surface area contributed by atoms with Crippen LogP contribution in [0.15, 0.2) is 10.6 Å². The van der Waals surface area contributed by atoms with Crippen molar-refractivity contribution in [1.82, 2.24) is 15.5 Å². The van der Waals surface area contributed by atoms with Crippen LogP contribution in [0.1, 0.15) is 61.3 Å². The molecule has 8 heteroatoms. The van der Waals surface area contributed by atoms with Crippen LogP contribution in [0.4, 0.5) is 0 Å². The van der Waals surface area contributed by atoms with E-state index in [1.807, 2.05) is 6.07 Å². The summed E-state index contributed by atoms with van der Waals surface area (Å²) in [4.78, 5) is 28.0. The number of hydrogen-bond acceptors (Lipinski definition) is 6. The molecule has 0 aromatic carbocycles. The van der Waals surface area contributed by atoms with E-state index >= 15 is 0 Å². The van der Waals surface area contributed by atoms with Gasteiger partial charge < -0.3 is 14.9 Å². The van der Waals surface area contributed by atoms with Crippen molar-refractivity contribution in [2.45, 2.75) is 46.0 Å². The molecular weight excluding hydrogens is 366 g/mol. The predicted octanol–water partition coefficient (Wildman–Crippen LogP) is 3.24. The molecule has 1 saturated carbocycles. The number of amides is 1. The molecule has 0 atom stereocenters. The van der Waals surface area contributed by atoms with Crippen molar-refractivity contribution in [2.24, 2.45) is 5.41 Å². The average molecular weight is 391 g/mol. The number of nitrogens with one attached hydrogen (secondary N) is 1. The van der Waals surface area contributed by atoms with Gasteiger partial charge in [-0.25, -0.2) is 4.98 Å². The van der Waals surface area contributed by atoms with Gasteiger partial charge in [0.2, 0.25) is 0 Å². The average Bonchev–Trinajstić information content (AvgIpc) is 3.35. The summed E-state index contributed by atoms with van der Waals surface area (Å²) in [6, 6.07) is 1.86. The van der Waals surface area contributed by atoms with Gasteiger partial charge in [-0.1, -0.05) is 25.9 Å². The quantitative estimate of drug-likeness (QED) is 0.666. The highest BCUT2D eigenvalue weighted by atomic mass is 32.2. The lowest BCUT2D eigenvalue weighted by molar-refractivity contribution is -0.133. The molecule has 2 aromatic heterocycles. The van der Waals surface area contributed by atoms with E-state index in [1.54, 1.807) is 0 Å². The first kappa shape index (κ1) is 19.7. The number of aromatic nitrogens is 2. The molecule has 0 bridgehead atoms. The first-order valence-corrected chi connectivity index (χ1v) is 10.3. The molecule has 2 heterocycles. The highest BCUT2D eigenvalue weighted by Gasteiger charge is 2.29. The standard InChI is InChI=1S/C19H25N3O4S/c1-19(2,3)9-14-16-12(17(25)20-6-7-27-10-15(23)24)8-13(11-4-5-11)21-18(16)26-22-14/h8,11H,4-7,9-10H2,1-3H3,(H,20,25)(H,23,24). The number of carboxylic acids is 1. The lowest BCUT2D eigenvalue weighted by Gasteiger charge is -2.16. The van der Waals surface area contributed by atoms with E-state index in [4.69, 9.17) is 9.63 Å². The Kier molecular flexibility index (Phi) is 5.74. The van der Waals surface area contributed by atoms with Crippen molar-refractivity contribution in [3.63, 3.8) is 0 Å². The summed E-state index contributed by atoms with van der Waals surface area (Å²) < 4.78 is 5.46. The minimum Gasteiger partial charge on any atom is -0.481 e. The predicted molar refractivity (Wildman–Crippen MR) is 104 cm³/mol. The Labute approximate surface area is 162 Å². The van der Waals surface area contributed by atoms with E-state index in [1.165, 1.54) is 11.8 Å². The fourth-order valence-electron chi connectivity index (χ4n) is 2.91. The van der Waals surface area contributed by atoms with Gasteiger partial charge in [0.05, 0.1) is 22.4 Å². The van der Waals surface area contributed by atoms with Crippen molar-refractivity contribution in [3.05, 3.63) is 23.0 Å². The fourth-order valence-corrected chi connectivity index (χ4v) is 3.48. The van der Waals surface area contributed by atoms with Gasteiger partial charge in [-0.2, -0.15) is 0 Å². The molecule has 0 spiro atoms. The first-order chi connectivity index (χ1) is 12.7. The summed E-state index contributed by atoms with van der Waals surface area (Å²) in [5.41, 5.74) is 2.60. The third-order valence-corrected chi connectivity index (χ3v) is 5.18. The third-order valence-electron chi connectivity index (χ3n) is 4.23. The van der Waals surface area contributed by atoms with Gasteiger partial charge >= 0.3 is 5.97 Å². The maximum atomic E-state index is 12.8. The molecule has 2 N–H and O–H groups in total. The summed E-state index contributed by atoms with van der Waals surface area (Å²) >= 11 is 1.28. The SMILES string of the molecule is CC(C)(C)Cc1noc2nc(C3CC3)cc(C(=O)NCCSCC(=O)O)c12. The van der Waals surface area contributed by atoms with Crippen molar-refractivity contribution < 1.29 is 19.2 Å². The van der Waals surface area contributed by atoms with Gasteiger partial charge in [0, 0.05) is 23.9 Å². The largest absolute Gasteiger partial charge is 0.481 e. The molecule has 0 aliphatic heterocycles. The second kappa shape index (κ2) is 7.88. The van der Waals surface area contributed by atoms with Crippen LogP contribution in [0.5, 0.6) is 0 Å². The molecule has 1 aliphatic carbocycles. The number of carbonyl (C=O) groups excluding carboxylic acids is 1. The monoisotopic (exact) mass is 391 g/mol. The summed E-state index contributed by atoms with van der Waals surface area (Å²) in [5.74, 6) is -0.0858. The number of nitrogens with zero attached hydrogens (tertiary/aromatic N) is 2. The molecule has 0 saturated heterocycles. The van der Waals surface area contributed by atoms with Crippen molar-refractivity contribution in [2.75, 3.05) is 18.1 Å². The van der Waals surface area contributed by atoms with E-state index in [9.17, 15) is 9.59 Å². The van der Waals surface area contributed by atoms with Gasteiger partial charge in [0.1, 0.15) is 0 Å².